The van der Waals surface area contributed by atoms with E-state index < -0.39 is 5.97 Å². The van der Waals surface area contributed by atoms with E-state index >= 15 is 0 Å². The fraction of sp³-hybridized carbons (Fsp3) is 0.455. The van der Waals surface area contributed by atoms with Gasteiger partial charge in [-0.1, -0.05) is 43.7 Å². The highest BCUT2D eigenvalue weighted by Crippen LogP contribution is 2.36. The van der Waals surface area contributed by atoms with Crippen LogP contribution in [0.1, 0.15) is 36.2 Å². The third kappa shape index (κ3) is 4.80. The highest BCUT2D eigenvalue weighted by atomic mass is 32.1. The Labute approximate surface area is 170 Å². The molecular weight excluding hydrogens is 372 g/mol. The second-order valence-corrected chi connectivity index (χ2v) is 8.78. The summed E-state index contributed by atoms with van der Waals surface area (Å²) in [6.45, 7) is 8.67. The number of carbonyl (C=O) groups excluding carboxylic acids is 2. The highest BCUT2D eigenvalue weighted by Gasteiger charge is 2.25. The summed E-state index contributed by atoms with van der Waals surface area (Å²) in [5.74, 6) is 0.658. The molecule has 1 N–H and O–H groups in total. The van der Waals surface area contributed by atoms with Gasteiger partial charge in [-0.3, -0.25) is 9.69 Å². The van der Waals surface area contributed by atoms with Gasteiger partial charge in [-0.15, -0.1) is 11.3 Å². The molecule has 5 nitrogen and oxygen atoms in total. The van der Waals surface area contributed by atoms with E-state index in [-0.39, 0.29) is 5.91 Å². The molecule has 0 bridgehead atoms. The number of hydrogen-bond donors (Lipinski definition) is 1. The molecule has 1 aliphatic heterocycles. The Kier molecular flexibility index (Phi) is 6.52. The van der Waals surface area contributed by atoms with Gasteiger partial charge in [0.2, 0.25) is 5.91 Å². The molecule has 1 aromatic carbocycles. The number of nitrogens with zero attached hydrogens (tertiary/aromatic N) is 1. The van der Waals surface area contributed by atoms with Crippen molar-refractivity contribution in [2.24, 2.45) is 11.8 Å². The number of thiophene rings is 1. The van der Waals surface area contributed by atoms with E-state index in [1.807, 2.05) is 36.6 Å². The topological polar surface area (TPSA) is 58.6 Å². The van der Waals surface area contributed by atoms with Crippen molar-refractivity contribution in [3.63, 3.8) is 0 Å². The Hall–Kier alpha value is -2.18. The average molecular weight is 401 g/mol. The first-order valence-corrected chi connectivity index (χ1v) is 10.5. The molecule has 1 amide bonds. The van der Waals surface area contributed by atoms with E-state index in [1.165, 1.54) is 24.9 Å². The molecule has 28 heavy (non-hydrogen) atoms. The van der Waals surface area contributed by atoms with Gasteiger partial charge in [-0.25, -0.2) is 4.79 Å². The summed E-state index contributed by atoms with van der Waals surface area (Å²) in [6.07, 6.45) is 1.20. The zero-order valence-electron chi connectivity index (χ0n) is 17.0. The number of nitrogens with one attached hydrogen (secondary N) is 1. The number of piperidine rings is 1. The molecule has 6 heteroatoms. The van der Waals surface area contributed by atoms with Crippen LogP contribution in [0.25, 0.3) is 11.1 Å². The monoisotopic (exact) mass is 400 g/mol. The molecule has 150 valence electrons. The van der Waals surface area contributed by atoms with E-state index in [0.717, 1.165) is 29.8 Å². The minimum atomic E-state index is -0.438. The fourth-order valence-electron chi connectivity index (χ4n) is 3.99. The van der Waals surface area contributed by atoms with Crippen molar-refractivity contribution >= 4 is 28.2 Å². The number of hydrogen-bond acceptors (Lipinski definition) is 5. The number of carbonyl (C=O) groups is 2. The zero-order chi connectivity index (χ0) is 20.3. The van der Waals surface area contributed by atoms with Crippen molar-refractivity contribution in [2.45, 2.75) is 27.2 Å². The molecule has 0 radical (unpaired) electrons. The number of esters is 1. The predicted octanol–water partition coefficient (Wildman–Crippen LogP) is 4.43. The second kappa shape index (κ2) is 8.88. The lowest BCUT2D eigenvalue weighted by Gasteiger charge is -2.34. The van der Waals surface area contributed by atoms with Crippen molar-refractivity contribution in [1.82, 2.24) is 4.90 Å². The molecule has 2 unspecified atom stereocenters. The van der Waals surface area contributed by atoms with Crippen LogP contribution in [0.2, 0.25) is 0 Å². The summed E-state index contributed by atoms with van der Waals surface area (Å²) in [6, 6.07) is 7.97. The number of benzene rings is 1. The highest BCUT2D eigenvalue weighted by molar-refractivity contribution is 7.15. The lowest BCUT2D eigenvalue weighted by Crippen LogP contribution is -2.42. The summed E-state index contributed by atoms with van der Waals surface area (Å²) in [5.41, 5.74) is 3.29. The first kappa shape index (κ1) is 20.6. The van der Waals surface area contributed by atoms with Gasteiger partial charge in [0.1, 0.15) is 10.6 Å². The third-order valence-electron chi connectivity index (χ3n) is 5.11. The van der Waals surface area contributed by atoms with Crippen LogP contribution in [0.15, 0.2) is 29.6 Å². The van der Waals surface area contributed by atoms with Gasteiger partial charge < -0.3 is 10.1 Å². The number of likely N-dealkylation sites (tertiary alicyclic amines) is 1. The lowest BCUT2D eigenvalue weighted by molar-refractivity contribution is -0.117. The molecule has 1 fully saturated rings. The number of amides is 1. The van der Waals surface area contributed by atoms with E-state index in [0.29, 0.717) is 28.9 Å². The van der Waals surface area contributed by atoms with Crippen molar-refractivity contribution < 1.29 is 14.3 Å². The predicted molar refractivity (Wildman–Crippen MR) is 114 cm³/mol. The quantitative estimate of drug-likeness (QED) is 0.755. The smallest absolute Gasteiger partial charge is 0.341 e. The summed E-state index contributed by atoms with van der Waals surface area (Å²) in [4.78, 5) is 27.3. The van der Waals surface area contributed by atoms with Crippen LogP contribution in [-0.4, -0.2) is 43.5 Å². The van der Waals surface area contributed by atoms with E-state index in [4.69, 9.17) is 4.74 Å². The Morgan fingerprint density at radius 2 is 1.82 bits per heavy atom. The van der Waals surface area contributed by atoms with Gasteiger partial charge in [-0.2, -0.15) is 0 Å². The molecule has 3 rings (SSSR count). The summed E-state index contributed by atoms with van der Waals surface area (Å²) < 4.78 is 4.99. The number of ether oxygens (including phenoxy) is 1. The Balaban J connectivity index is 1.78. The third-order valence-corrected chi connectivity index (χ3v) is 6.00. The van der Waals surface area contributed by atoms with Gasteiger partial charge in [0, 0.05) is 24.0 Å². The number of methoxy groups -OCH3 is 1. The molecule has 0 saturated carbocycles. The van der Waals surface area contributed by atoms with Gasteiger partial charge >= 0.3 is 5.97 Å². The van der Waals surface area contributed by atoms with E-state index in [1.54, 1.807) is 0 Å². The van der Waals surface area contributed by atoms with Gasteiger partial charge in [0.15, 0.2) is 0 Å². The normalized spacial score (nSPS) is 20.0. The van der Waals surface area contributed by atoms with E-state index in [9.17, 15) is 9.59 Å². The second-order valence-electron chi connectivity index (χ2n) is 7.90. The Morgan fingerprint density at radius 1 is 1.18 bits per heavy atom. The lowest BCUT2D eigenvalue weighted by atomic mass is 9.92. The van der Waals surface area contributed by atoms with Crippen molar-refractivity contribution in [3.8, 4) is 11.1 Å². The molecule has 2 heterocycles. The Morgan fingerprint density at radius 3 is 2.43 bits per heavy atom. The van der Waals surface area contributed by atoms with Crippen molar-refractivity contribution in [1.29, 1.82) is 0 Å². The van der Waals surface area contributed by atoms with Crippen molar-refractivity contribution in [3.05, 3.63) is 40.8 Å². The summed E-state index contributed by atoms with van der Waals surface area (Å²) in [5, 5.41) is 5.39. The van der Waals surface area contributed by atoms with Crippen LogP contribution < -0.4 is 5.32 Å². The molecule has 0 spiro atoms. The Bertz CT molecular complexity index is 834. The largest absolute Gasteiger partial charge is 0.465 e. The van der Waals surface area contributed by atoms with Gasteiger partial charge in [0.05, 0.1) is 13.7 Å². The van der Waals surface area contributed by atoms with Gasteiger partial charge in [-0.05, 0) is 30.7 Å². The fourth-order valence-corrected chi connectivity index (χ4v) is 4.96. The molecule has 2 atom stereocenters. The number of anilines is 1. The molecule has 2 aromatic rings. The van der Waals surface area contributed by atoms with Gasteiger partial charge in [0.25, 0.3) is 0 Å². The number of aryl methyl sites for hydroxylation is 1. The summed E-state index contributed by atoms with van der Waals surface area (Å²) >= 11 is 1.36. The maximum absolute atomic E-state index is 12.6. The van der Waals surface area contributed by atoms with Crippen LogP contribution in [0.4, 0.5) is 5.00 Å². The first-order chi connectivity index (χ1) is 13.4. The zero-order valence-corrected chi connectivity index (χ0v) is 17.8. The maximum Gasteiger partial charge on any atom is 0.341 e. The van der Waals surface area contributed by atoms with Crippen LogP contribution in [0.5, 0.6) is 0 Å². The number of rotatable bonds is 5. The standard InChI is InChI=1S/C22H28N2O3S/c1-14-5-7-17(8-6-14)18-13-28-21(20(18)22(26)27-4)23-19(25)12-24-10-15(2)9-16(3)11-24/h5-8,13,15-16H,9-12H2,1-4H3,(H,23,25). The van der Waals surface area contributed by atoms with Crippen LogP contribution >= 0.6 is 11.3 Å². The van der Waals surface area contributed by atoms with Crippen LogP contribution in [0, 0.1) is 18.8 Å². The minimum Gasteiger partial charge on any atom is -0.465 e. The molecule has 0 aliphatic carbocycles. The summed E-state index contributed by atoms with van der Waals surface area (Å²) in [7, 11) is 1.36. The van der Waals surface area contributed by atoms with Crippen LogP contribution in [0.3, 0.4) is 0 Å². The average Bonchev–Trinajstić information content (AvgIpc) is 3.04. The SMILES string of the molecule is COC(=O)c1c(-c2ccc(C)cc2)csc1NC(=O)CN1CC(C)CC(C)C1. The first-order valence-electron chi connectivity index (χ1n) is 9.66. The van der Waals surface area contributed by atoms with Crippen molar-refractivity contribution in [2.75, 3.05) is 32.1 Å². The van der Waals surface area contributed by atoms with Crippen LogP contribution in [-0.2, 0) is 9.53 Å². The molecule has 1 aliphatic rings. The van der Waals surface area contributed by atoms with E-state index in [2.05, 4.69) is 24.1 Å². The molecular formula is C22H28N2O3S. The molecule has 1 aromatic heterocycles. The minimum absolute atomic E-state index is 0.0937. The molecule has 1 saturated heterocycles. The maximum atomic E-state index is 12.6.